The minimum absolute atomic E-state index is 0.756. The van der Waals surface area contributed by atoms with Gasteiger partial charge in [-0.3, -0.25) is 0 Å². The molecule has 136 valence electrons. The molecular weight excluding hydrogens is 312 g/mol. The van der Waals surface area contributed by atoms with Gasteiger partial charge in [-0.05, 0) is 45.0 Å². The highest BCUT2D eigenvalue weighted by molar-refractivity contribution is 5.32. The third kappa shape index (κ3) is 4.91. The second-order valence-electron chi connectivity index (χ2n) is 7.16. The van der Waals surface area contributed by atoms with Gasteiger partial charge in [0.1, 0.15) is 0 Å². The number of benzene rings is 1. The van der Waals surface area contributed by atoms with E-state index in [0.29, 0.717) is 0 Å². The Kier molecular flexibility index (Phi) is 6.24. The molecule has 2 heterocycles. The summed E-state index contributed by atoms with van der Waals surface area (Å²) in [5.74, 6) is 0.756. The number of rotatable bonds is 8. The van der Waals surface area contributed by atoms with Crippen molar-refractivity contribution in [3.05, 3.63) is 47.8 Å². The van der Waals surface area contributed by atoms with Crippen LogP contribution in [0.15, 0.2) is 36.5 Å². The normalized spacial score (nSPS) is 18.3. The molecule has 5 nitrogen and oxygen atoms in total. The van der Waals surface area contributed by atoms with E-state index in [1.165, 1.54) is 25.1 Å². The van der Waals surface area contributed by atoms with Crippen LogP contribution in [-0.4, -0.2) is 66.5 Å². The van der Waals surface area contributed by atoms with Crippen molar-refractivity contribution < 1.29 is 4.74 Å². The Hall–Kier alpha value is -1.69. The lowest BCUT2D eigenvalue weighted by atomic mass is 10.1. The number of aromatic nitrogens is 2. The van der Waals surface area contributed by atoms with Gasteiger partial charge in [0.05, 0.1) is 18.0 Å². The van der Waals surface area contributed by atoms with E-state index in [4.69, 9.17) is 4.74 Å². The van der Waals surface area contributed by atoms with E-state index in [1.807, 2.05) is 22.9 Å². The highest BCUT2D eigenvalue weighted by Crippen LogP contribution is 2.19. The van der Waals surface area contributed by atoms with Crippen molar-refractivity contribution in [3.8, 4) is 5.69 Å². The maximum Gasteiger partial charge on any atom is 0.0645 e. The lowest BCUT2D eigenvalue weighted by Gasteiger charge is -2.21. The largest absolute Gasteiger partial charge is 0.383 e. The average Bonchev–Trinajstić information content (AvgIpc) is 3.21. The van der Waals surface area contributed by atoms with E-state index in [0.717, 1.165) is 43.5 Å². The van der Waals surface area contributed by atoms with Crippen molar-refractivity contribution in [3.63, 3.8) is 0 Å². The molecule has 0 saturated carbocycles. The predicted octanol–water partition coefficient (Wildman–Crippen LogP) is 2.58. The minimum atomic E-state index is 0.756. The topological polar surface area (TPSA) is 33.5 Å². The molecule has 1 aromatic heterocycles. The second-order valence-corrected chi connectivity index (χ2v) is 7.16. The molecule has 0 radical (unpaired) electrons. The SMILES string of the molecule is COCCN1CCC(CN(C)Cc2cn(-c3ccccc3)nc2C)C1. The fourth-order valence-corrected chi connectivity index (χ4v) is 3.65. The van der Waals surface area contributed by atoms with Crippen LogP contribution < -0.4 is 0 Å². The minimum Gasteiger partial charge on any atom is -0.383 e. The first-order valence-electron chi connectivity index (χ1n) is 9.16. The standard InChI is InChI=1S/C20H30N4O/c1-17-19(16-24(21-17)20-7-5-4-6-8-20)15-22(2)13-18-9-10-23(14-18)11-12-25-3/h4-8,16,18H,9-15H2,1-3H3. The fourth-order valence-electron chi connectivity index (χ4n) is 3.65. The van der Waals surface area contributed by atoms with Crippen LogP contribution in [0, 0.1) is 12.8 Å². The lowest BCUT2D eigenvalue weighted by molar-refractivity contribution is 0.157. The summed E-state index contributed by atoms with van der Waals surface area (Å²) in [5.41, 5.74) is 3.54. The van der Waals surface area contributed by atoms with Gasteiger partial charge in [-0.2, -0.15) is 5.10 Å². The number of ether oxygens (including phenoxy) is 1. The maximum absolute atomic E-state index is 5.19. The van der Waals surface area contributed by atoms with Gasteiger partial charge >= 0.3 is 0 Å². The summed E-state index contributed by atoms with van der Waals surface area (Å²) in [4.78, 5) is 4.95. The summed E-state index contributed by atoms with van der Waals surface area (Å²) in [6, 6.07) is 10.3. The van der Waals surface area contributed by atoms with E-state index >= 15 is 0 Å². The van der Waals surface area contributed by atoms with E-state index in [1.54, 1.807) is 7.11 Å². The first-order valence-corrected chi connectivity index (χ1v) is 9.16. The van der Waals surface area contributed by atoms with Crippen LogP contribution >= 0.6 is 0 Å². The van der Waals surface area contributed by atoms with Crippen LogP contribution in [0.2, 0.25) is 0 Å². The molecule has 1 aliphatic rings. The summed E-state index contributed by atoms with van der Waals surface area (Å²) in [6.07, 6.45) is 3.46. The molecule has 1 atom stereocenters. The number of para-hydroxylation sites is 1. The molecule has 0 amide bonds. The second kappa shape index (κ2) is 8.61. The Balaban J connectivity index is 1.53. The van der Waals surface area contributed by atoms with Crippen LogP contribution in [0.5, 0.6) is 0 Å². The van der Waals surface area contributed by atoms with Gasteiger partial charge in [-0.15, -0.1) is 0 Å². The third-order valence-corrected chi connectivity index (χ3v) is 5.01. The summed E-state index contributed by atoms with van der Waals surface area (Å²) in [7, 11) is 4.00. The van der Waals surface area contributed by atoms with Gasteiger partial charge in [0.15, 0.2) is 0 Å². The zero-order valence-corrected chi connectivity index (χ0v) is 15.7. The Morgan fingerprint density at radius 2 is 2.08 bits per heavy atom. The van der Waals surface area contributed by atoms with E-state index < -0.39 is 0 Å². The van der Waals surface area contributed by atoms with Crippen molar-refractivity contribution in [1.82, 2.24) is 19.6 Å². The average molecular weight is 342 g/mol. The molecule has 0 spiro atoms. The highest BCUT2D eigenvalue weighted by Gasteiger charge is 2.23. The Morgan fingerprint density at radius 1 is 1.28 bits per heavy atom. The molecule has 0 bridgehead atoms. The summed E-state index contributed by atoms with van der Waals surface area (Å²) in [6.45, 7) is 8.47. The van der Waals surface area contributed by atoms with Crippen LogP contribution in [0.3, 0.4) is 0 Å². The molecular formula is C20H30N4O. The molecule has 1 fully saturated rings. The van der Waals surface area contributed by atoms with Crippen LogP contribution in [-0.2, 0) is 11.3 Å². The Bertz CT molecular complexity index is 655. The Morgan fingerprint density at radius 3 is 2.84 bits per heavy atom. The molecule has 5 heteroatoms. The molecule has 1 saturated heterocycles. The molecule has 0 N–H and O–H groups in total. The number of nitrogens with zero attached hydrogens (tertiary/aromatic N) is 4. The van der Waals surface area contributed by atoms with Crippen LogP contribution in [0.1, 0.15) is 17.7 Å². The van der Waals surface area contributed by atoms with Gasteiger partial charge in [0.25, 0.3) is 0 Å². The van der Waals surface area contributed by atoms with Crippen molar-refractivity contribution in [2.75, 3.05) is 46.9 Å². The van der Waals surface area contributed by atoms with Crippen molar-refractivity contribution in [1.29, 1.82) is 0 Å². The van der Waals surface area contributed by atoms with Crippen LogP contribution in [0.25, 0.3) is 5.69 Å². The van der Waals surface area contributed by atoms with Gasteiger partial charge < -0.3 is 14.5 Å². The fraction of sp³-hybridized carbons (Fsp3) is 0.550. The molecule has 2 aromatic rings. The van der Waals surface area contributed by atoms with E-state index in [-0.39, 0.29) is 0 Å². The number of hydrogen-bond donors (Lipinski definition) is 0. The quantitative estimate of drug-likeness (QED) is 0.738. The summed E-state index contributed by atoms with van der Waals surface area (Å²) >= 11 is 0. The third-order valence-electron chi connectivity index (χ3n) is 5.01. The first kappa shape index (κ1) is 18.1. The van der Waals surface area contributed by atoms with E-state index in [2.05, 4.69) is 47.2 Å². The zero-order chi connectivity index (χ0) is 17.6. The van der Waals surface area contributed by atoms with E-state index in [9.17, 15) is 0 Å². The Labute approximate surface area is 151 Å². The zero-order valence-electron chi connectivity index (χ0n) is 15.7. The first-order chi connectivity index (χ1) is 12.2. The van der Waals surface area contributed by atoms with Gasteiger partial charge in [0.2, 0.25) is 0 Å². The molecule has 3 rings (SSSR count). The smallest absolute Gasteiger partial charge is 0.0645 e. The monoisotopic (exact) mass is 342 g/mol. The van der Waals surface area contributed by atoms with Gasteiger partial charge in [0, 0.05) is 45.0 Å². The number of hydrogen-bond acceptors (Lipinski definition) is 4. The number of likely N-dealkylation sites (tertiary alicyclic amines) is 1. The van der Waals surface area contributed by atoms with Crippen LogP contribution in [0.4, 0.5) is 0 Å². The molecule has 1 aliphatic heterocycles. The maximum atomic E-state index is 5.19. The van der Waals surface area contributed by atoms with Crippen molar-refractivity contribution in [2.45, 2.75) is 19.9 Å². The molecule has 1 unspecified atom stereocenters. The lowest BCUT2D eigenvalue weighted by Crippen LogP contribution is -2.29. The molecule has 1 aromatic carbocycles. The number of aryl methyl sites for hydroxylation is 1. The predicted molar refractivity (Wildman–Crippen MR) is 101 cm³/mol. The summed E-state index contributed by atoms with van der Waals surface area (Å²) in [5, 5.41) is 4.68. The van der Waals surface area contributed by atoms with Crippen molar-refractivity contribution in [2.24, 2.45) is 5.92 Å². The van der Waals surface area contributed by atoms with Gasteiger partial charge in [-0.25, -0.2) is 4.68 Å². The molecule has 0 aliphatic carbocycles. The number of methoxy groups -OCH3 is 1. The van der Waals surface area contributed by atoms with Gasteiger partial charge in [-0.1, -0.05) is 18.2 Å². The highest BCUT2D eigenvalue weighted by atomic mass is 16.5. The van der Waals surface area contributed by atoms with Crippen molar-refractivity contribution >= 4 is 0 Å². The molecule has 25 heavy (non-hydrogen) atoms. The summed E-state index contributed by atoms with van der Waals surface area (Å²) < 4.78 is 7.18.